The molecular formula is C13H24ClN5O. The van der Waals surface area contributed by atoms with Gasteiger partial charge in [-0.15, -0.1) is 0 Å². The Hall–Kier alpha value is -0.660. The second kappa shape index (κ2) is 6.87. The zero-order valence-electron chi connectivity index (χ0n) is 12.3. The molecule has 0 radical (unpaired) electrons. The first-order valence-corrected chi connectivity index (χ1v) is 7.36. The molecule has 6 nitrogen and oxygen atoms in total. The van der Waals surface area contributed by atoms with Crippen LogP contribution in [-0.2, 0) is 11.3 Å². The van der Waals surface area contributed by atoms with Crippen LogP contribution in [0.4, 0.5) is 0 Å². The van der Waals surface area contributed by atoms with Crippen LogP contribution in [0.5, 0.6) is 0 Å². The van der Waals surface area contributed by atoms with E-state index in [2.05, 4.69) is 22.3 Å². The fraction of sp³-hybridized carbons (Fsp3) is 0.769. The zero-order chi connectivity index (χ0) is 14.7. The van der Waals surface area contributed by atoms with Crippen LogP contribution >= 0.6 is 11.6 Å². The summed E-state index contributed by atoms with van der Waals surface area (Å²) in [5.41, 5.74) is 3.77. The Balaban J connectivity index is 2.22. The van der Waals surface area contributed by atoms with Crippen LogP contribution in [0, 0.1) is 5.92 Å². The van der Waals surface area contributed by atoms with Gasteiger partial charge in [-0.25, -0.2) is 5.43 Å². The molecule has 0 aromatic carbocycles. The number of halogens is 1. The number of nitrogens with zero attached hydrogens (tertiary/aromatic N) is 3. The van der Waals surface area contributed by atoms with Gasteiger partial charge in [0.05, 0.1) is 35.6 Å². The quantitative estimate of drug-likeness (QED) is 0.607. The normalized spacial score (nSPS) is 24.5. The number of aromatic nitrogens is 2. The topological polar surface area (TPSA) is 68.3 Å². The van der Waals surface area contributed by atoms with Gasteiger partial charge in [0.1, 0.15) is 0 Å². The Labute approximate surface area is 125 Å². The second-order valence-electron chi connectivity index (χ2n) is 5.65. The molecule has 0 amide bonds. The van der Waals surface area contributed by atoms with E-state index in [1.54, 1.807) is 6.20 Å². The minimum atomic E-state index is -0.135. The average Bonchev–Trinajstić information content (AvgIpc) is 2.97. The summed E-state index contributed by atoms with van der Waals surface area (Å²) < 4.78 is 7.74. The molecule has 3 unspecified atom stereocenters. The lowest BCUT2D eigenvalue weighted by atomic mass is 9.96. The molecule has 114 valence electrons. The highest BCUT2D eigenvalue weighted by molar-refractivity contribution is 6.31. The lowest BCUT2D eigenvalue weighted by molar-refractivity contribution is 0.0578. The van der Waals surface area contributed by atoms with Crippen LogP contribution in [0.15, 0.2) is 6.20 Å². The van der Waals surface area contributed by atoms with Gasteiger partial charge in [-0.3, -0.25) is 10.5 Å². The van der Waals surface area contributed by atoms with Gasteiger partial charge >= 0.3 is 0 Å². The first-order valence-electron chi connectivity index (χ1n) is 6.98. The number of hydrazine groups is 1. The molecule has 1 aliphatic heterocycles. The number of likely N-dealkylation sites (N-methyl/N-ethyl adjacent to an activating group) is 1. The van der Waals surface area contributed by atoms with Crippen LogP contribution in [-0.4, -0.2) is 48.0 Å². The standard InChI is InChI=1S/C13H24ClN5O/c1-9-4-7-20-13(9)11(17-15)12-10(14)8-16-19(12)6-5-18(2)3/h8-9,11,13,17H,4-7,15H2,1-3H3. The molecule has 0 saturated carbocycles. The number of ether oxygens (including phenoxy) is 1. The van der Waals surface area contributed by atoms with E-state index in [4.69, 9.17) is 22.2 Å². The number of rotatable bonds is 6. The van der Waals surface area contributed by atoms with Crippen molar-refractivity contribution in [2.24, 2.45) is 11.8 Å². The molecule has 0 spiro atoms. The molecule has 0 aliphatic carbocycles. The highest BCUT2D eigenvalue weighted by Crippen LogP contribution is 2.33. The molecule has 1 aromatic rings. The van der Waals surface area contributed by atoms with Gasteiger partial charge in [0.25, 0.3) is 0 Å². The number of nitrogens with two attached hydrogens (primary N) is 1. The van der Waals surface area contributed by atoms with Gasteiger partial charge in [0.2, 0.25) is 0 Å². The number of nitrogens with one attached hydrogen (secondary N) is 1. The van der Waals surface area contributed by atoms with Crippen molar-refractivity contribution in [1.82, 2.24) is 20.1 Å². The Morgan fingerprint density at radius 3 is 2.95 bits per heavy atom. The molecule has 2 heterocycles. The lowest BCUT2D eigenvalue weighted by Crippen LogP contribution is -2.40. The van der Waals surface area contributed by atoms with Gasteiger partial charge in [-0.1, -0.05) is 18.5 Å². The van der Waals surface area contributed by atoms with Gasteiger partial charge in [-0.05, 0) is 26.4 Å². The average molecular weight is 302 g/mol. The van der Waals surface area contributed by atoms with Crippen molar-refractivity contribution in [3.8, 4) is 0 Å². The van der Waals surface area contributed by atoms with Crippen molar-refractivity contribution < 1.29 is 4.74 Å². The highest BCUT2D eigenvalue weighted by Gasteiger charge is 2.35. The molecular weight excluding hydrogens is 278 g/mol. The van der Waals surface area contributed by atoms with Crippen molar-refractivity contribution in [2.75, 3.05) is 27.2 Å². The van der Waals surface area contributed by atoms with E-state index >= 15 is 0 Å². The van der Waals surface area contributed by atoms with Gasteiger partial charge in [0, 0.05) is 13.2 Å². The third-order valence-electron chi connectivity index (χ3n) is 3.84. The van der Waals surface area contributed by atoms with E-state index in [0.29, 0.717) is 10.9 Å². The van der Waals surface area contributed by atoms with E-state index in [9.17, 15) is 0 Å². The summed E-state index contributed by atoms with van der Waals surface area (Å²) in [5.74, 6) is 6.21. The van der Waals surface area contributed by atoms with Crippen molar-refractivity contribution in [1.29, 1.82) is 0 Å². The number of hydrogen-bond acceptors (Lipinski definition) is 5. The Morgan fingerprint density at radius 1 is 1.65 bits per heavy atom. The van der Waals surface area contributed by atoms with Gasteiger partial charge in [0.15, 0.2) is 0 Å². The summed E-state index contributed by atoms with van der Waals surface area (Å²) in [6.07, 6.45) is 2.76. The summed E-state index contributed by atoms with van der Waals surface area (Å²) >= 11 is 6.31. The third-order valence-corrected chi connectivity index (χ3v) is 4.13. The van der Waals surface area contributed by atoms with E-state index in [1.807, 2.05) is 18.8 Å². The minimum Gasteiger partial charge on any atom is -0.376 e. The lowest BCUT2D eigenvalue weighted by Gasteiger charge is -2.26. The maximum absolute atomic E-state index is 6.31. The zero-order valence-corrected chi connectivity index (χ0v) is 13.1. The van der Waals surface area contributed by atoms with Gasteiger partial charge < -0.3 is 9.64 Å². The van der Waals surface area contributed by atoms with E-state index in [1.165, 1.54) is 0 Å². The van der Waals surface area contributed by atoms with E-state index < -0.39 is 0 Å². The van der Waals surface area contributed by atoms with Crippen molar-refractivity contribution in [2.45, 2.75) is 32.0 Å². The van der Waals surface area contributed by atoms with E-state index in [-0.39, 0.29) is 12.1 Å². The third kappa shape index (κ3) is 3.32. The smallest absolute Gasteiger partial charge is 0.0908 e. The van der Waals surface area contributed by atoms with Crippen molar-refractivity contribution >= 4 is 11.6 Å². The van der Waals surface area contributed by atoms with Crippen LogP contribution in [0.25, 0.3) is 0 Å². The molecule has 1 aromatic heterocycles. The molecule has 3 N–H and O–H groups in total. The molecule has 1 saturated heterocycles. The molecule has 1 fully saturated rings. The highest BCUT2D eigenvalue weighted by atomic mass is 35.5. The van der Waals surface area contributed by atoms with E-state index in [0.717, 1.165) is 31.8 Å². The summed E-state index contributed by atoms with van der Waals surface area (Å²) in [5, 5.41) is 4.99. The molecule has 20 heavy (non-hydrogen) atoms. The minimum absolute atomic E-state index is 0.0345. The van der Waals surface area contributed by atoms with Gasteiger partial charge in [-0.2, -0.15) is 5.10 Å². The first kappa shape index (κ1) is 15.7. The summed E-state index contributed by atoms with van der Waals surface area (Å²) in [6, 6.07) is -0.135. The van der Waals surface area contributed by atoms with Crippen LogP contribution in [0.1, 0.15) is 25.1 Å². The van der Waals surface area contributed by atoms with Crippen LogP contribution in [0.3, 0.4) is 0 Å². The summed E-state index contributed by atoms with van der Waals surface area (Å²) in [7, 11) is 4.07. The van der Waals surface area contributed by atoms with Crippen LogP contribution < -0.4 is 11.3 Å². The Kier molecular flexibility index (Phi) is 5.40. The largest absolute Gasteiger partial charge is 0.376 e. The molecule has 0 bridgehead atoms. The Bertz CT molecular complexity index is 436. The van der Waals surface area contributed by atoms with Crippen molar-refractivity contribution in [3.05, 3.63) is 16.9 Å². The monoisotopic (exact) mass is 301 g/mol. The summed E-state index contributed by atoms with van der Waals surface area (Å²) in [6.45, 7) is 4.61. The summed E-state index contributed by atoms with van der Waals surface area (Å²) in [4.78, 5) is 2.11. The second-order valence-corrected chi connectivity index (χ2v) is 6.06. The predicted octanol–water partition coefficient (Wildman–Crippen LogP) is 1.03. The number of hydrogen-bond donors (Lipinski definition) is 2. The molecule has 2 rings (SSSR count). The predicted molar refractivity (Wildman–Crippen MR) is 79.4 cm³/mol. The fourth-order valence-corrected chi connectivity index (χ4v) is 2.89. The SMILES string of the molecule is CC1CCOC1C(NN)c1c(Cl)cnn1CCN(C)C. The molecule has 7 heteroatoms. The van der Waals surface area contributed by atoms with Crippen molar-refractivity contribution in [3.63, 3.8) is 0 Å². The fourth-order valence-electron chi connectivity index (χ4n) is 2.63. The maximum atomic E-state index is 6.31. The Morgan fingerprint density at radius 2 is 2.40 bits per heavy atom. The van der Waals surface area contributed by atoms with Crippen LogP contribution in [0.2, 0.25) is 5.02 Å². The maximum Gasteiger partial charge on any atom is 0.0908 e. The molecule has 3 atom stereocenters. The first-order chi connectivity index (χ1) is 9.54. The molecule has 1 aliphatic rings.